The van der Waals surface area contributed by atoms with Gasteiger partial charge in [-0.2, -0.15) is 0 Å². The molecular weight excluding hydrogens is 148 g/mol. The van der Waals surface area contributed by atoms with Crippen molar-refractivity contribution < 1.29 is 14.3 Å². The molecule has 0 aromatic carbocycles. The number of aliphatic hydroxyl groups is 1. The number of carbonyl (C=O) groups excluding carboxylic acids is 1. The van der Waals surface area contributed by atoms with Gasteiger partial charge in [0.05, 0.1) is 12.7 Å². The van der Waals surface area contributed by atoms with Crippen molar-refractivity contribution in [2.75, 3.05) is 6.61 Å². The molecule has 0 aromatic rings. The molecule has 4 heteroatoms. The molecule has 0 amide bonds. The molecule has 0 aliphatic heterocycles. The van der Waals surface area contributed by atoms with Crippen LogP contribution < -0.4 is 0 Å². The van der Waals surface area contributed by atoms with Crippen LogP contribution in [0.3, 0.4) is 0 Å². The van der Waals surface area contributed by atoms with Crippen LogP contribution in [0, 0.1) is 0 Å². The van der Waals surface area contributed by atoms with Crippen molar-refractivity contribution in [2.24, 2.45) is 0 Å². The van der Waals surface area contributed by atoms with Crippen molar-refractivity contribution >= 4 is 16.3 Å². The third kappa shape index (κ3) is 1.53. The van der Waals surface area contributed by atoms with Crippen LogP contribution >= 0.6 is 0 Å². The normalized spacial score (nSPS) is 25.2. The average Bonchev–Trinajstić information content (AvgIpc) is 2.13. The van der Waals surface area contributed by atoms with Crippen molar-refractivity contribution in [1.82, 2.24) is 0 Å². The van der Waals surface area contributed by atoms with E-state index in [9.17, 15) is 4.79 Å². The minimum absolute atomic E-state index is 0.0363. The Morgan fingerprint density at radius 1 is 1.90 bits per heavy atom. The molecule has 0 heterocycles. The Bertz CT molecular complexity index is 176. The SMILES string of the molecule is O=C1CC(O)C=C1CO[Si]. The van der Waals surface area contributed by atoms with Gasteiger partial charge < -0.3 is 9.53 Å². The van der Waals surface area contributed by atoms with Crippen LogP contribution in [0.4, 0.5) is 0 Å². The van der Waals surface area contributed by atoms with E-state index in [4.69, 9.17) is 5.11 Å². The Labute approximate surface area is 62.2 Å². The predicted octanol–water partition coefficient (Wildman–Crippen LogP) is -0.653. The van der Waals surface area contributed by atoms with Crippen molar-refractivity contribution in [2.45, 2.75) is 12.5 Å². The second kappa shape index (κ2) is 3.09. The summed E-state index contributed by atoms with van der Waals surface area (Å²) in [5.41, 5.74) is 0.544. The van der Waals surface area contributed by atoms with Crippen molar-refractivity contribution in [1.29, 1.82) is 0 Å². The maximum absolute atomic E-state index is 10.8. The lowest BCUT2D eigenvalue weighted by atomic mass is 10.2. The van der Waals surface area contributed by atoms with Crippen molar-refractivity contribution in [3.05, 3.63) is 11.6 Å². The van der Waals surface area contributed by atoms with Crippen molar-refractivity contribution in [3.8, 4) is 0 Å². The summed E-state index contributed by atoms with van der Waals surface area (Å²) in [6.07, 6.45) is 1.11. The number of rotatable bonds is 2. The first kappa shape index (κ1) is 7.65. The van der Waals surface area contributed by atoms with Gasteiger partial charge in [0, 0.05) is 12.0 Å². The topological polar surface area (TPSA) is 46.5 Å². The minimum Gasteiger partial charge on any atom is -0.414 e. The summed E-state index contributed by atoms with van der Waals surface area (Å²) in [4.78, 5) is 10.8. The molecule has 0 saturated carbocycles. The monoisotopic (exact) mass is 155 g/mol. The van der Waals surface area contributed by atoms with E-state index in [2.05, 4.69) is 14.9 Å². The highest BCUT2D eigenvalue weighted by molar-refractivity contribution is 6.01. The fraction of sp³-hybridized carbons (Fsp3) is 0.500. The van der Waals surface area contributed by atoms with Gasteiger partial charge in [0.15, 0.2) is 5.78 Å². The second-order valence-corrected chi connectivity index (χ2v) is 2.46. The van der Waals surface area contributed by atoms with Gasteiger partial charge in [-0.15, -0.1) is 0 Å². The molecule has 3 radical (unpaired) electrons. The number of hydrogen-bond donors (Lipinski definition) is 1. The zero-order chi connectivity index (χ0) is 7.56. The molecule has 10 heavy (non-hydrogen) atoms. The van der Waals surface area contributed by atoms with Gasteiger partial charge in [0.25, 0.3) is 0 Å². The first-order chi connectivity index (χ1) is 4.74. The quantitative estimate of drug-likeness (QED) is 0.539. The average molecular weight is 155 g/mol. The van der Waals surface area contributed by atoms with E-state index in [0.717, 1.165) is 0 Å². The molecular formula is C6H7O3Si. The summed E-state index contributed by atoms with van der Waals surface area (Å²) < 4.78 is 4.55. The first-order valence-corrected chi connectivity index (χ1v) is 3.35. The Balaban J connectivity index is 2.57. The molecule has 1 unspecified atom stereocenters. The van der Waals surface area contributed by atoms with Gasteiger partial charge in [-0.1, -0.05) is 0 Å². The molecule has 1 aliphatic carbocycles. The molecule has 3 nitrogen and oxygen atoms in total. The third-order valence-corrected chi connectivity index (χ3v) is 1.52. The van der Waals surface area contributed by atoms with Gasteiger partial charge >= 0.3 is 0 Å². The Morgan fingerprint density at radius 3 is 3.00 bits per heavy atom. The van der Waals surface area contributed by atoms with Crippen LogP contribution in [0.25, 0.3) is 0 Å². The van der Waals surface area contributed by atoms with Gasteiger partial charge in [0.2, 0.25) is 10.5 Å². The van der Waals surface area contributed by atoms with E-state index in [1.165, 1.54) is 6.08 Å². The zero-order valence-corrected chi connectivity index (χ0v) is 6.33. The van der Waals surface area contributed by atoms with Crippen LogP contribution in [-0.4, -0.2) is 34.1 Å². The highest BCUT2D eigenvalue weighted by atomic mass is 28.2. The summed E-state index contributed by atoms with van der Waals surface area (Å²) in [5, 5.41) is 8.93. The van der Waals surface area contributed by atoms with E-state index < -0.39 is 6.10 Å². The number of ketones is 1. The lowest BCUT2D eigenvalue weighted by Gasteiger charge is -1.94. The molecule has 0 fully saturated rings. The fourth-order valence-electron chi connectivity index (χ4n) is 0.912. The summed E-state index contributed by atoms with van der Waals surface area (Å²) >= 11 is 0. The third-order valence-electron chi connectivity index (χ3n) is 1.37. The molecule has 53 valence electrons. The van der Waals surface area contributed by atoms with E-state index >= 15 is 0 Å². The van der Waals surface area contributed by atoms with Crippen molar-refractivity contribution in [3.63, 3.8) is 0 Å². The Morgan fingerprint density at radius 2 is 2.60 bits per heavy atom. The Hall–Kier alpha value is -0.453. The fourth-order valence-corrected chi connectivity index (χ4v) is 1.07. The molecule has 1 N–H and O–H groups in total. The predicted molar refractivity (Wildman–Crippen MR) is 35.4 cm³/mol. The van der Waals surface area contributed by atoms with Crippen LogP contribution in [-0.2, 0) is 9.22 Å². The number of Topliss-reactive ketones (excluding diaryl/α,β-unsaturated/α-hetero) is 1. The Kier molecular flexibility index (Phi) is 2.37. The van der Waals surface area contributed by atoms with Gasteiger partial charge in [-0.05, 0) is 6.08 Å². The number of carbonyl (C=O) groups is 1. The van der Waals surface area contributed by atoms with Gasteiger partial charge in [-0.25, -0.2) is 0 Å². The van der Waals surface area contributed by atoms with Gasteiger partial charge in [0.1, 0.15) is 0 Å². The molecule has 1 atom stereocenters. The lowest BCUT2D eigenvalue weighted by molar-refractivity contribution is -0.116. The first-order valence-electron chi connectivity index (χ1n) is 2.94. The van der Waals surface area contributed by atoms with E-state index in [1.54, 1.807) is 0 Å². The second-order valence-electron chi connectivity index (χ2n) is 2.18. The maximum Gasteiger partial charge on any atom is 0.246 e. The summed E-state index contributed by atoms with van der Waals surface area (Å²) in [6, 6.07) is 0. The number of hydrogen-bond acceptors (Lipinski definition) is 3. The summed E-state index contributed by atoms with van der Waals surface area (Å²) in [6.45, 7) is 0.229. The van der Waals surface area contributed by atoms with E-state index in [1.807, 2.05) is 0 Å². The summed E-state index contributed by atoms with van der Waals surface area (Å²) in [5.74, 6) is -0.0363. The summed E-state index contributed by atoms with van der Waals surface area (Å²) in [7, 11) is 2.78. The van der Waals surface area contributed by atoms with Crippen LogP contribution in [0.1, 0.15) is 6.42 Å². The lowest BCUT2D eigenvalue weighted by Crippen LogP contribution is -2.04. The smallest absolute Gasteiger partial charge is 0.246 e. The zero-order valence-electron chi connectivity index (χ0n) is 5.33. The highest BCUT2D eigenvalue weighted by Gasteiger charge is 2.21. The minimum atomic E-state index is -0.607. The molecule has 1 rings (SSSR count). The molecule has 0 spiro atoms. The van der Waals surface area contributed by atoms with Gasteiger partial charge in [-0.3, -0.25) is 4.79 Å². The number of aliphatic hydroxyl groups excluding tert-OH is 1. The molecule has 0 saturated heterocycles. The van der Waals surface area contributed by atoms with Crippen LogP contribution in [0.2, 0.25) is 0 Å². The highest BCUT2D eigenvalue weighted by Crippen LogP contribution is 2.13. The van der Waals surface area contributed by atoms with E-state index in [0.29, 0.717) is 5.57 Å². The maximum atomic E-state index is 10.8. The van der Waals surface area contributed by atoms with E-state index in [-0.39, 0.29) is 18.8 Å². The molecule has 1 aliphatic rings. The molecule has 0 aromatic heterocycles. The van der Waals surface area contributed by atoms with Crippen LogP contribution in [0.5, 0.6) is 0 Å². The largest absolute Gasteiger partial charge is 0.414 e. The van der Waals surface area contributed by atoms with Crippen LogP contribution in [0.15, 0.2) is 11.6 Å². The standard InChI is InChI=1S/C6H7O3Si/c7-5-1-4(3-9-10)6(8)2-5/h1,5,7H,2-3H2. The molecule has 0 bridgehead atoms.